The lowest BCUT2D eigenvalue weighted by Gasteiger charge is -2.06. The molecule has 0 amide bonds. The molecule has 0 unspecified atom stereocenters. The van der Waals surface area contributed by atoms with Crippen LogP contribution in [0.25, 0.3) is 10.2 Å². The average Bonchev–Trinajstić information content (AvgIpc) is 2.58. The summed E-state index contributed by atoms with van der Waals surface area (Å²) in [7, 11) is 3.12. The Kier molecular flexibility index (Phi) is 2.91. The minimum absolute atomic E-state index is 0.434. The van der Waals surface area contributed by atoms with Gasteiger partial charge in [0.05, 0.1) is 19.2 Å². The van der Waals surface area contributed by atoms with Crippen LogP contribution < -0.4 is 9.47 Å². The molecule has 0 saturated heterocycles. The highest BCUT2D eigenvalue weighted by molar-refractivity contribution is 7.22. The number of hydrogen-bond donors (Lipinski definition) is 0. The van der Waals surface area contributed by atoms with Crippen molar-refractivity contribution in [2.24, 2.45) is 0 Å². The molecule has 2 rings (SSSR count). The molecule has 3 nitrogen and oxygen atoms in total. The molecular weight excluding hydrogens is 257 g/mol. The molecule has 80 valence electrons. The van der Waals surface area contributed by atoms with Gasteiger partial charge in [0, 0.05) is 6.07 Å². The molecule has 1 heterocycles. The van der Waals surface area contributed by atoms with Crippen molar-refractivity contribution in [3.8, 4) is 11.5 Å². The van der Waals surface area contributed by atoms with E-state index in [9.17, 15) is 0 Å². The number of hydrogen-bond acceptors (Lipinski definition) is 4. The fourth-order valence-corrected chi connectivity index (χ4v) is 2.80. The molecule has 0 atom stereocenters. The molecule has 0 N–H and O–H groups in total. The number of fused-ring (bicyclic) bond motifs is 1. The first-order valence-corrected chi connectivity index (χ1v) is 5.61. The fourth-order valence-electron chi connectivity index (χ4n) is 1.32. The second-order valence-electron chi connectivity index (χ2n) is 2.74. The van der Waals surface area contributed by atoms with Gasteiger partial charge in [0.2, 0.25) is 0 Å². The van der Waals surface area contributed by atoms with Gasteiger partial charge in [-0.25, -0.2) is 4.98 Å². The van der Waals surface area contributed by atoms with Gasteiger partial charge in [-0.15, -0.1) is 0 Å². The van der Waals surface area contributed by atoms with Crippen molar-refractivity contribution in [3.63, 3.8) is 0 Å². The van der Waals surface area contributed by atoms with Gasteiger partial charge >= 0.3 is 0 Å². The number of thiazole rings is 1. The molecule has 0 bridgehead atoms. The van der Waals surface area contributed by atoms with Crippen LogP contribution >= 0.6 is 34.5 Å². The highest BCUT2D eigenvalue weighted by Gasteiger charge is 2.16. The zero-order valence-electron chi connectivity index (χ0n) is 8.01. The van der Waals surface area contributed by atoms with Crippen molar-refractivity contribution in [3.05, 3.63) is 15.6 Å². The molecule has 1 aromatic carbocycles. The summed E-state index contributed by atoms with van der Waals surface area (Å²) in [5.41, 5.74) is 0.675. The van der Waals surface area contributed by atoms with Gasteiger partial charge in [-0.3, -0.25) is 0 Å². The van der Waals surface area contributed by atoms with E-state index < -0.39 is 0 Å². The third-order valence-corrected chi connectivity index (χ3v) is 3.38. The second-order valence-corrected chi connectivity index (χ2v) is 4.73. The van der Waals surface area contributed by atoms with Crippen LogP contribution in [-0.4, -0.2) is 19.2 Å². The Hall–Kier alpha value is -0.710. The number of aromatic nitrogens is 1. The molecule has 0 aliphatic carbocycles. The predicted octanol–water partition coefficient (Wildman–Crippen LogP) is 3.62. The van der Waals surface area contributed by atoms with E-state index in [1.807, 2.05) is 0 Å². The molecule has 0 saturated carbocycles. The van der Waals surface area contributed by atoms with Crippen LogP contribution in [0.5, 0.6) is 11.5 Å². The molecule has 0 aliphatic rings. The average molecular weight is 264 g/mol. The van der Waals surface area contributed by atoms with E-state index in [0.717, 1.165) is 4.70 Å². The smallest absolute Gasteiger partial charge is 0.184 e. The van der Waals surface area contributed by atoms with E-state index in [0.29, 0.717) is 26.5 Å². The van der Waals surface area contributed by atoms with Crippen LogP contribution in [0.3, 0.4) is 0 Å². The lowest BCUT2D eigenvalue weighted by Crippen LogP contribution is -1.89. The zero-order valence-corrected chi connectivity index (χ0v) is 10.3. The van der Waals surface area contributed by atoms with Crippen molar-refractivity contribution in [1.82, 2.24) is 4.98 Å². The summed E-state index contributed by atoms with van der Waals surface area (Å²) >= 11 is 13.2. The summed E-state index contributed by atoms with van der Waals surface area (Å²) in [5.74, 6) is 1.18. The molecule has 2 aromatic rings. The highest BCUT2D eigenvalue weighted by atomic mass is 35.5. The van der Waals surface area contributed by atoms with Gasteiger partial charge in [0.25, 0.3) is 0 Å². The first-order chi connectivity index (χ1) is 7.17. The van der Waals surface area contributed by atoms with Crippen LogP contribution in [0.15, 0.2) is 6.07 Å². The maximum Gasteiger partial charge on any atom is 0.184 e. The van der Waals surface area contributed by atoms with Crippen molar-refractivity contribution < 1.29 is 9.47 Å². The summed E-state index contributed by atoms with van der Waals surface area (Å²) < 4.78 is 11.6. The Balaban J connectivity index is 2.85. The Morgan fingerprint density at radius 2 is 2.00 bits per heavy atom. The monoisotopic (exact) mass is 263 g/mol. The van der Waals surface area contributed by atoms with Crippen LogP contribution in [0, 0.1) is 0 Å². The maximum atomic E-state index is 6.03. The molecule has 6 heteroatoms. The van der Waals surface area contributed by atoms with Gasteiger partial charge < -0.3 is 9.47 Å². The Morgan fingerprint density at radius 3 is 2.60 bits per heavy atom. The molecule has 0 fully saturated rings. The Morgan fingerprint density at radius 1 is 1.27 bits per heavy atom. The summed E-state index contributed by atoms with van der Waals surface area (Å²) in [6.45, 7) is 0. The lowest BCUT2D eigenvalue weighted by atomic mass is 10.3. The molecular formula is C9H7Cl2NO2S. The maximum absolute atomic E-state index is 6.03. The first kappa shape index (κ1) is 10.8. The SMILES string of the molecule is COc1cc(Cl)c(OC)c2sc(Cl)nc12. The molecule has 0 radical (unpaired) electrons. The van der Waals surface area contributed by atoms with Crippen LogP contribution in [-0.2, 0) is 0 Å². The van der Waals surface area contributed by atoms with Crippen molar-refractivity contribution in [2.45, 2.75) is 0 Å². The number of methoxy groups -OCH3 is 2. The largest absolute Gasteiger partial charge is 0.494 e. The van der Waals surface area contributed by atoms with Gasteiger partial charge in [0.15, 0.2) is 10.2 Å². The fraction of sp³-hybridized carbons (Fsp3) is 0.222. The lowest BCUT2D eigenvalue weighted by molar-refractivity contribution is 0.410. The van der Waals surface area contributed by atoms with Gasteiger partial charge in [-0.1, -0.05) is 34.5 Å². The van der Waals surface area contributed by atoms with E-state index in [1.165, 1.54) is 11.3 Å². The highest BCUT2D eigenvalue weighted by Crippen LogP contribution is 2.43. The normalized spacial score (nSPS) is 10.7. The van der Waals surface area contributed by atoms with Crippen molar-refractivity contribution in [1.29, 1.82) is 0 Å². The molecule has 0 spiro atoms. The third-order valence-electron chi connectivity index (χ3n) is 1.94. The number of ether oxygens (including phenoxy) is 2. The molecule has 1 aromatic heterocycles. The van der Waals surface area contributed by atoms with Gasteiger partial charge in [-0.05, 0) is 0 Å². The number of rotatable bonds is 2. The van der Waals surface area contributed by atoms with Crippen LogP contribution in [0.4, 0.5) is 0 Å². The van der Waals surface area contributed by atoms with Gasteiger partial charge in [0.1, 0.15) is 16.0 Å². The minimum atomic E-state index is 0.434. The zero-order chi connectivity index (χ0) is 11.0. The number of benzene rings is 1. The standard InChI is InChI=1S/C9H7Cl2NO2S/c1-13-5-3-4(10)7(14-2)8-6(5)12-9(11)15-8/h3H,1-2H3. The Bertz CT molecular complexity index is 512. The second kappa shape index (κ2) is 4.04. The van der Waals surface area contributed by atoms with Crippen molar-refractivity contribution in [2.75, 3.05) is 14.2 Å². The first-order valence-electron chi connectivity index (χ1n) is 4.04. The van der Waals surface area contributed by atoms with E-state index in [-0.39, 0.29) is 0 Å². The van der Waals surface area contributed by atoms with Crippen LogP contribution in [0.2, 0.25) is 9.49 Å². The van der Waals surface area contributed by atoms with Crippen LogP contribution in [0.1, 0.15) is 0 Å². The minimum Gasteiger partial charge on any atom is -0.494 e. The summed E-state index contributed by atoms with van der Waals surface area (Å²) in [4.78, 5) is 4.15. The Labute approximate surface area is 101 Å². The molecule has 15 heavy (non-hydrogen) atoms. The predicted molar refractivity (Wildman–Crippen MR) is 62.7 cm³/mol. The number of nitrogens with zero attached hydrogens (tertiary/aromatic N) is 1. The van der Waals surface area contributed by atoms with E-state index in [1.54, 1.807) is 20.3 Å². The van der Waals surface area contributed by atoms with E-state index >= 15 is 0 Å². The van der Waals surface area contributed by atoms with E-state index in [2.05, 4.69) is 4.98 Å². The quantitative estimate of drug-likeness (QED) is 0.830. The third kappa shape index (κ3) is 1.73. The van der Waals surface area contributed by atoms with E-state index in [4.69, 9.17) is 32.7 Å². The summed E-state index contributed by atoms with van der Waals surface area (Å²) in [5, 5.41) is 0.488. The summed E-state index contributed by atoms with van der Waals surface area (Å²) in [6.07, 6.45) is 0. The summed E-state index contributed by atoms with van der Waals surface area (Å²) in [6, 6.07) is 1.67. The number of halogens is 2. The molecule has 0 aliphatic heterocycles. The van der Waals surface area contributed by atoms with Gasteiger partial charge in [-0.2, -0.15) is 0 Å². The van der Waals surface area contributed by atoms with Crippen molar-refractivity contribution >= 4 is 44.8 Å². The topological polar surface area (TPSA) is 31.4 Å².